The zero-order valence-electron chi connectivity index (χ0n) is 73.4. The number of aliphatic hydroxyl groups is 1. The molecular weight excluding hydrogens is 1620 g/mol. The third kappa shape index (κ3) is 14.5. The Morgan fingerprint density at radius 1 is 0.234 bits per heavy atom. The molecule has 22 rings (SSSR count). The lowest BCUT2D eigenvalue weighted by molar-refractivity contribution is -0.0893. The predicted molar refractivity (Wildman–Crippen MR) is 539 cm³/mol. The molecule has 18 aromatic rings. The minimum absolute atomic E-state index is 0.111. The molecular formula is C122H99BBrN2O2. The summed E-state index contributed by atoms with van der Waals surface area (Å²) in [6, 6.07) is 163. The standard InChI is InChI=1S/C58H43N.C34H34BO2.C30H22BrN/c1-57(2)52-21-11-13-23-54(52)58(55-24-14-12-22-53(55)57)51-20-10-9-19-49(51)50-38-31-45(39-56(50)58)44-29-36-48(37-30-44)59(46-32-25-42(26-33-46)40-15-5-3-6-16-40)47-34-27-43(28-35-47)41-17-7-4-8-18-41;1-31(2)26-15-9-11-17-28(26)34(29-18-12-10-16-27(29)31)25-14-8-7-13-23(25)24-20-19-22(21-30(24)34)35-37-33(5,6)32(3,4)36;31-27-15-21-30(22-16-27)32(28-17-11-25(12-18-28)23-7-3-1-4-8-23)29-19-13-26(14-20-29)24-9-5-2-6-10-24/h3-39H,1-2H3;7-21,36H,1-6H3;1-22H. The zero-order chi connectivity index (χ0) is 87.5. The molecule has 1 N–H and O–H groups in total. The van der Waals surface area contributed by atoms with Crippen LogP contribution in [0.4, 0.5) is 34.1 Å². The Morgan fingerprint density at radius 3 is 0.766 bits per heavy atom. The van der Waals surface area contributed by atoms with Crippen LogP contribution in [0.25, 0.3) is 77.9 Å². The molecule has 128 heavy (non-hydrogen) atoms. The van der Waals surface area contributed by atoms with Crippen molar-refractivity contribution in [3.05, 3.63) is 520 Å². The second-order valence-electron chi connectivity index (χ2n) is 36.2. The number of anilines is 6. The molecule has 2 spiro atoms. The zero-order valence-corrected chi connectivity index (χ0v) is 75.0. The van der Waals surface area contributed by atoms with Gasteiger partial charge in [-0.25, -0.2) is 0 Å². The number of benzene rings is 18. The predicted octanol–water partition coefficient (Wildman–Crippen LogP) is 30.9. The minimum atomic E-state index is -0.982. The van der Waals surface area contributed by atoms with Crippen molar-refractivity contribution in [2.24, 2.45) is 0 Å². The number of rotatable bonds is 15. The van der Waals surface area contributed by atoms with E-state index in [1.165, 1.54) is 145 Å². The van der Waals surface area contributed by atoms with E-state index < -0.39 is 22.0 Å². The first-order valence-corrected chi connectivity index (χ1v) is 45.3. The smallest absolute Gasteiger partial charge is 0.330 e. The largest absolute Gasteiger partial charge is 0.427 e. The quantitative estimate of drug-likeness (QED) is 0.104. The Morgan fingerprint density at radius 2 is 0.461 bits per heavy atom. The molecule has 0 aromatic heterocycles. The van der Waals surface area contributed by atoms with Crippen molar-refractivity contribution in [2.45, 2.75) is 88.3 Å². The van der Waals surface area contributed by atoms with Crippen LogP contribution in [0.15, 0.2) is 453 Å². The van der Waals surface area contributed by atoms with E-state index >= 15 is 0 Å². The summed E-state index contributed by atoms with van der Waals surface area (Å²) in [6.45, 7) is 16.9. The van der Waals surface area contributed by atoms with Gasteiger partial charge in [0, 0.05) is 49.4 Å². The molecule has 0 saturated carbocycles. The van der Waals surface area contributed by atoms with Gasteiger partial charge in [-0.1, -0.05) is 407 Å². The summed E-state index contributed by atoms with van der Waals surface area (Å²) in [7, 11) is 1.81. The number of nitrogens with zero attached hydrogens (tertiary/aromatic N) is 2. The normalized spacial score (nSPS) is 13.8. The van der Waals surface area contributed by atoms with E-state index in [4.69, 9.17) is 4.65 Å². The number of hydrogen-bond acceptors (Lipinski definition) is 4. The van der Waals surface area contributed by atoms with Crippen LogP contribution in [0.1, 0.15) is 122 Å². The molecule has 0 atom stereocenters. The van der Waals surface area contributed by atoms with E-state index in [1.54, 1.807) is 21.3 Å². The summed E-state index contributed by atoms with van der Waals surface area (Å²) >= 11 is 3.56. The monoisotopic (exact) mass is 1710 g/mol. The first-order valence-electron chi connectivity index (χ1n) is 44.5. The molecule has 4 aliphatic carbocycles. The molecule has 0 unspecified atom stereocenters. The fraction of sp³-hybridized carbons (Fsp3) is 0.115. The highest BCUT2D eigenvalue weighted by Crippen LogP contribution is 2.65. The first kappa shape index (κ1) is 82.3. The van der Waals surface area contributed by atoms with Crippen LogP contribution >= 0.6 is 15.9 Å². The number of fused-ring (bicyclic) bond motifs is 18. The molecule has 0 heterocycles. The highest BCUT2D eigenvalue weighted by Gasteiger charge is 2.55. The van der Waals surface area contributed by atoms with Gasteiger partial charge in [0.15, 0.2) is 0 Å². The van der Waals surface area contributed by atoms with Crippen molar-refractivity contribution in [3.8, 4) is 77.9 Å². The van der Waals surface area contributed by atoms with E-state index in [2.05, 4.69) is 490 Å². The number of hydrogen-bond donors (Lipinski definition) is 1. The molecule has 4 nitrogen and oxygen atoms in total. The van der Waals surface area contributed by atoms with Gasteiger partial charge in [0.2, 0.25) is 0 Å². The third-order valence-corrected chi connectivity index (χ3v) is 28.1. The highest BCUT2D eigenvalue weighted by atomic mass is 79.9. The lowest BCUT2D eigenvalue weighted by Gasteiger charge is -2.46. The Balaban J connectivity index is 0.000000129. The van der Waals surface area contributed by atoms with Crippen molar-refractivity contribution < 1.29 is 9.76 Å². The molecule has 0 bridgehead atoms. The van der Waals surface area contributed by atoms with E-state index in [0.717, 1.165) is 44.1 Å². The fourth-order valence-corrected chi connectivity index (χ4v) is 20.6. The van der Waals surface area contributed by atoms with Crippen molar-refractivity contribution in [1.82, 2.24) is 0 Å². The number of halogens is 1. The van der Waals surface area contributed by atoms with Gasteiger partial charge in [-0.05, 0) is 263 Å². The SMILES string of the molecule is Brc1ccc(N(c2ccc(-c3ccccc3)cc2)c2ccc(-c3ccccc3)cc2)cc1.CC1(C)c2ccccc2C2(c3ccccc3-c3ccc(-c4ccc(N(c5ccc(-c6ccccc6)cc5)c5ccc(-c6ccccc6)cc5)cc4)cc32)c2ccccc21.CC1(C)c2ccccc2C2(c3ccccc3-c3ccc([B]OC(C)(C)C(C)(C)O)cc32)c2ccccc21. The second-order valence-corrected chi connectivity index (χ2v) is 37.2. The van der Waals surface area contributed by atoms with Gasteiger partial charge in [0.05, 0.1) is 22.0 Å². The van der Waals surface area contributed by atoms with Gasteiger partial charge >= 0.3 is 7.48 Å². The summed E-state index contributed by atoms with van der Waals surface area (Å²) in [5, 5.41) is 10.6. The maximum absolute atomic E-state index is 10.6. The summed E-state index contributed by atoms with van der Waals surface area (Å²) in [5.41, 5.74) is 38.5. The Bertz CT molecular complexity index is 6820. The molecule has 4 aliphatic rings. The second kappa shape index (κ2) is 33.4. The van der Waals surface area contributed by atoms with E-state index in [0.29, 0.717) is 0 Å². The summed E-state index contributed by atoms with van der Waals surface area (Å²) < 4.78 is 7.26. The minimum Gasteiger partial charge on any atom is -0.427 e. The lowest BCUT2D eigenvalue weighted by Crippen LogP contribution is -2.49. The first-order chi connectivity index (χ1) is 62.3. The molecule has 0 fully saturated rings. The summed E-state index contributed by atoms with van der Waals surface area (Å²) in [4.78, 5) is 4.65. The Hall–Kier alpha value is -14.0. The topological polar surface area (TPSA) is 35.9 Å². The summed E-state index contributed by atoms with van der Waals surface area (Å²) in [5.74, 6) is 0. The van der Waals surface area contributed by atoms with Crippen LogP contribution in [0, 0.1) is 0 Å². The van der Waals surface area contributed by atoms with Gasteiger partial charge in [0.25, 0.3) is 0 Å². The average molecular weight is 1720 g/mol. The fourth-order valence-electron chi connectivity index (χ4n) is 20.4. The van der Waals surface area contributed by atoms with Gasteiger partial charge in [-0.15, -0.1) is 0 Å². The Kier molecular flexibility index (Phi) is 21.5. The highest BCUT2D eigenvalue weighted by molar-refractivity contribution is 9.10. The van der Waals surface area contributed by atoms with Gasteiger partial charge in [0.1, 0.15) is 0 Å². The molecule has 0 amide bonds. The lowest BCUT2D eigenvalue weighted by atomic mass is 9.55. The molecule has 6 heteroatoms. The maximum atomic E-state index is 10.6. The van der Waals surface area contributed by atoms with Gasteiger partial charge < -0.3 is 19.6 Å². The van der Waals surface area contributed by atoms with Crippen LogP contribution in [0.5, 0.6) is 0 Å². The third-order valence-electron chi connectivity index (χ3n) is 27.6. The molecule has 0 aliphatic heterocycles. The average Bonchev–Trinajstić information content (AvgIpc) is 1.49. The van der Waals surface area contributed by atoms with Gasteiger partial charge in [-0.2, -0.15) is 0 Å². The van der Waals surface area contributed by atoms with Crippen molar-refractivity contribution in [3.63, 3.8) is 0 Å². The van der Waals surface area contributed by atoms with Crippen molar-refractivity contribution in [2.75, 3.05) is 9.80 Å². The molecule has 18 aromatic carbocycles. The van der Waals surface area contributed by atoms with Crippen molar-refractivity contribution >= 4 is 63.0 Å². The molecule has 1 radical (unpaired) electrons. The maximum Gasteiger partial charge on any atom is 0.330 e. The van der Waals surface area contributed by atoms with Crippen LogP contribution in [-0.4, -0.2) is 23.8 Å². The van der Waals surface area contributed by atoms with E-state index in [1.807, 2.05) is 26.0 Å². The summed E-state index contributed by atoms with van der Waals surface area (Å²) in [6.07, 6.45) is 0. The van der Waals surface area contributed by atoms with Crippen LogP contribution in [-0.2, 0) is 26.3 Å². The van der Waals surface area contributed by atoms with E-state index in [9.17, 15) is 5.11 Å². The van der Waals surface area contributed by atoms with Crippen molar-refractivity contribution in [1.29, 1.82) is 0 Å². The van der Waals surface area contributed by atoms with Crippen LogP contribution < -0.4 is 15.3 Å². The van der Waals surface area contributed by atoms with Gasteiger partial charge in [-0.3, -0.25) is 0 Å². The molecule has 619 valence electrons. The Labute approximate surface area is 763 Å². The van der Waals surface area contributed by atoms with Crippen LogP contribution in [0.2, 0.25) is 0 Å². The van der Waals surface area contributed by atoms with Crippen LogP contribution in [0.3, 0.4) is 0 Å². The molecule has 0 saturated heterocycles. The van der Waals surface area contributed by atoms with E-state index in [-0.39, 0.29) is 10.8 Å².